The van der Waals surface area contributed by atoms with Crippen LogP contribution in [0.25, 0.3) is 28.0 Å². The summed E-state index contributed by atoms with van der Waals surface area (Å²) in [5.74, 6) is 0.632. The molecule has 1 atom stereocenters. The van der Waals surface area contributed by atoms with E-state index >= 15 is 4.39 Å². The number of hydrogen-bond donors (Lipinski definition) is 0. The minimum absolute atomic E-state index is 0.0400. The lowest BCUT2D eigenvalue weighted by Crippen LogP contribution is -2.48. The molecule has 50 heavy (non-hydrogen) atoms. The molecule has 0 amide bonds. The highest BCUT2D eigenvalue weighted by atomic mass is 28.3. The Morgan fingerprint density at radius 2 is 1.50 bits per heavy atom. The molecule has 7 rings (SSSR count). The Bertz CT molecular complexity index is 1920. The first-order valence-electron chi connectivity index (χ1n) is 19.1. The van der Waals surface area contributed by atoms with E-state index in [9.17, 15) is 0 Å². The molecule has 2 aliphatic carbocycles. The maximum atomic E-state index is 16.2. The molecule has 0 radical (unpaired) electrons. The molecule has 1 fully saturated rings. The van der Waals surface area contributed by atoms with Crippen LogP contribution >= 0.6 is 0 Å². The van der Waals surface area contributed by atoms with Crippen LogP contribution in [-0.4, -0.2) is 32.7 Å². The Hall–Kier alpha value is -3.89. The Kier molecular flexibility index (Phi) is 9.69. The predicted molar refractivity (Wildman–Crippen MR) is 212 cm³/mol. The van der Waals surface area contributed by atoms with Crippen LogP contribution in [0.1, 0.15) is 99.9 Å². The number of ether oxygens (including phenoxy) is 1. The van der Waals surface area contributed by atoms with Crippen molar-refractivity contribution in [2.24, 2.45) is 0 Å². The molecule has 1 saturated heterocycles. The van der Waals surface area contributed by atoms with Gasteiger partial charge in [-0.15, -0.1) is 0 Å². The van der Waals surface area contributed by atoms with Crippen molar-refractivity contribution in [3.05, 3.63) is 125 Å². The zero-order valence-corrected chi connectivity index (χ0v) is 31.9. The molecule has 1 heterocycles. The highest BCUT2D eigenvalue weighted by molar-refractivity contribution is 6.92. The first kappa shape index (κ1) is 34.6. The molecule has 1 aliphatic heterocycles. The van der Waals surface area contributed by atoms with Crippen LogP contribution in [0, 0.1) is 5.82 Å². The minimum Gasteiger partial charge on any atom is -0.489 e. The lowest BCUT2D eigenvalue weighted by Gasteiger charge is -2.35. The average molecular weight is 684 g/mol. The summed E-state index contributed by atoms with van der Waals surface area (Å²) in [6.07, 6.45) is 11.2. The van der Waals surface area contributed by atoms with Crippen LogP contribution in [0.15, 0.2) is 97.1 Å². The van der Waals surface area contributed by atoms with Gasteiger partial charge in [-0.05, 0) is 94.9 Å². The van der Waals surface area contributed by atoms with Gasteiger partial charge in [-0.3, -0.25) is 0 Å². The Morgan fingerprint density at radius 3 is 2.20 bits per heavy atom. The van der Waals surface area contributed by atoms with Gasteiger partial charge in [0, 0.05) is 40.9 Å². The molecular weight excluding hydrogens is 630 g/mol. The molecule has 4 aromatic rings. The van der Waals surface area contributed by atoms with Gasteiger partial charge in [0.15, 0.2) is 0 Å². The molecule has 4 aromatic carbocycles. The zero-order valence-electron chi connectivity index (χ0n) is 30.9. The van der Waals surface area contributed by atoms with Crippen molar-refractivity contribution in [2.75, 3.05) is 19.7 Å². The first-order valence-corrected chi connectivity index (χ1v) is 22.2. The molecule has 4 heteroatoms. The second-order valence-corrected chi connectivity index (χ2v) is 20.1. The van der Waals surface area contributed by atoms with E-state index in [1.165, 1.54) is 70.3 Å². The van der Waals surface area contributed by atoms with Crippen molar-refractivity contribution in [3.63, 3.8) is 0 Å². The Balaban J connectivity index is 1.41. The minimum atomic E-state index is -2.46. The number of benzene rings is 4. The van der Waals surface area contributed by atoms with Gasteiger partial charge in [-0.25, -0.2) is 4.39 Å². The maximum Gasteiger partial charge on any atom is 0.127 e. The van der Waals surface area contributed by atoms with Gasteiger partial charge in [0.05, 0.1) is 8.07 Å². The Labute approximate surface area is 301 Å². The summed E-state index contributed by atoms with van der Waals surface area (Å²) >= 11 is 0. The fraction of sp³-hybridized carbons (Fsp3) is 0.391. The van der Waals surface area contributed by atoms with Crippen LogP contribution in [0.3, 0.4) is 0 Å². The van der Waals surface area contributed by atoms with Crippen molar-refractivity contribution >= 4 is 19.0 Å². The summed E-state index contributed by atoms with van der Waals surface area (Å²) in [4.78, 5) is 2.59. The molecule has 3 aliphatic rings. The number of unbranched alkanes of at least 4 members (excludes halogenated alkanes) is 2. The van der Waals surface area contributed by atoms with E-state index in [-0.39, 0.29) is 16.8 Å². The molecular formula is C46H54FNOSi. The second-order valence-electron chi connectivity index (χ2n) is 15.5. The fourth-order valence-corrected chi connectivity index (χ4v) is 13.7. The summed E-state index contributed by atoms with van der Waals surface area (Å²) < 4.78 is 23.0. The van der Waals surface area contributed by atoms with E-state index in [1.807, 2.05) is 6.08 Å². The summed E-state index contributed by atoms with van der Waals surface area (Å²) in [6, 6.07) is 28.4. The van der Waals surface area contributed by atoms with E-state index in [1.54, 1.807) is 12.1 Å². The third-order valence-corrected chi connectivity index (χ3v) is 16.0. The standard InChI is InChI=1S/C46H54FNOSi/c1-7-10-24-46(25-11-8-2)40-21-15-14-18-35(40)36-23-22-33(29-41(36)46)39-30-34(47)31-42(44(39)49-28-9-3)50(5,6)45-32(4)43(48-26-16-17-27-48)37-19-12-13-20-38(37)45/h9,12-15,18-23,29-31,45H,3,7-8,10-11,16-17,24-28H2,1-2,4-6H3. The van der Waals surface area contributed by atoms with E-state index < -0.39 is 8.07 Å². The van der Waals surface area contributed by atoms with Gasteiger partial charge >= 0.3 is 0 Å². The molecule has 0 spiro atoms. The van der Waals surface area contributed by atoms with Gasteiger partial charge in [0.1, 0.15) is 18.2 Å². The molecule has 260 valence electrons. The van der Waals surface area contributed by atoms with Crippen LogP contribution < -0.4 is 9.92 Å². The lowest BCUT2D eigenvalue weighted by molar-refractivity contribution is 0.366. The first-order chi connectivity index (χ1) is 24.3. The number of fused-ring (bicyclic) bond motifs is 4. The van der Waals surface area contributed by atoms with E-state index in [0.717, 1.165) is 60.8 Å². The summed E-state index contributed by atoms with van der Waals surface area (Å²) in [6.45, 7) is 18.4. The normalized spacial score (nSPS) is 17.6. The molecule has 1 unspecified atom stereocenters. The largest absolute Gasteiger partial charge is 0.489 e. The smallest absolute Gasteiger partial charge is 0.127 e. The highest BCUT2D eigenvalue weighted by Crippen LogP contribution is 2.55. The number of hydrogen-bond acceptors (Lipinski definition) is 2. The number of likely N-dealkylation sites (tertiary alicyclic amines) is 1. The van der Waals surface area contributed by atoms with Crippen LogP contribution in [0.2, 0.25) is 13.1 Å². The van der Waals surface area contributed by atoms with E-state index in [2.05, 4.69) is 112 Å². The maximum absolute atomic E-state index is 16.2. The fourth-order valence-electron chi connectivity index (χ4n) is 9.82. The zero-order chi connectivity index (χ0) is 35.0. The SMILES string of the molecule is C=CCOc1c(-c2ccc3c(c2)C(CCCC)(CCCC)c2ccccc2-3)cc(F)cc1[Si](C)(C)C1C(C)=C(N2CCCC2)c2ccccc21. The van der Waals surface area contributed by atoms with Crippen molar-refractivity contribution in [2.45, 2.75) is 96.2 Å². The van der Waals surface area contributed by atoms with Gasteiger partial charge in [-0.2, -0.15) is 0 Å². The molecule has 0 bridgehead atoms. The van der Waals surface area contributed by atoms with Gasteiger partial charge in [0.25, 0.3) is 0 Å². The predicted octanol–water partition coefficient (Wildman–Crippen LogP) is 11.8. The topological polar surface area (TPSA) is 12.5 Å². The number of rotatable bonds is 13. The highest BCUT2D eigenvalue weighted by Gasteiger charge is 2.46. The Morgan fingerprint density at radius 1 is 0.840 bits per heavy atom. The quantitative estimate of drug-likeness (QED) is 0.103. The van der Waals surface area contributed by atoms with Crippen molar-refractivity contribution in [3.8, 4) is 28.0 Å². The lowest BCUT2D eigenvalue weighted by atomic mass is 9.70. The van der Waals surface area contributed by atoms with E-state index in [4.69, 9.17) is 4.74 Å². The summed E-state index contributed by atoms with van der Waals surface area (Å²) in [7, 11) is -2.46. The number of nitrogens with zero attached hydrogens (tertiary/aromatic N) is 1. The second kappa shape index (κ2) is 14.0. The van der Waals surface area contributed by atoms with Crippen molar-refractivity contribution < 1.29 is 9.13 Å². The average Bonchev–Trinajstić information content (AvgIpc) is 3.83. The van der Waals surface area contributed by atoms with Crippen molar-refractivity contribution in [1.82, 2.24) is 4.90 Å². The molecule has 0 N–H and O–H groups in total. The summed E-state index contributed by atoms with van der Waals surface area (Å²) in [5.41, 5.74) is 13.2. The molecule has 2 nitrogen and oxygen atoms in total. The van der Waals surface area contributed by atoms with Crippen LogP contribution in [-0.2, 0) is 5.41 Å². The van der Waals surface area contributed by atoms with Crippen LogP contribution in [0.4, 0.5) is 4.39 Å². The summed E-state index contributed by atoms with van der Waals surface area (Å²) in [5, 5.41) is 1.04. The third kappa shape index (κ3) is 5.68. The van der Waals surface area contributed by atoms with E-state index in [0.29, 0.717) is 6.61 Å². The van der Waals surface area contributed by atoms with Crippen molar-refractivity contribution in [1.29, 1.82) is 0 Å². The number of halogens is 1. The van der Waals surface area contributed by atoms with Gasteiger partial charge in [0.2, 0.25) is 0 Å². The van der Waals surface area contributed by atoms with Crippen LogP contribution in [0.5, 0.6) is 5.75 Å². The third-order valence-electron chi connectivity index (χ3n) is 12.1. The monoisotopic (exact) mass is 683 g/mol. The molecule has 0 saturated carbocycles. The van der Waals surface area contributed by atoms with Gasteiger partial charge in [-0.1, -0.05) is 126 Å². The van der Waals surface area contributed by atoms with Gasteiger partial charge < -0.3 is 9.64 Å². The number of allylic oxidation sites excluding steroid dienone is 1. The molecule has 0 aromatic heterocycles.